The van der Waals surface area contributed by atoms with Gasteiger partial charge >= 0.3 is 0 Å². The fraction of sp³-hybridized carbons (Fsp3) is 0.421. The molecular weight excluding hydrogens is 312 g/mol. The molecule has 0 amide bonds. The summed E-state index contributed by atoms with van der Waals surface area (Å²) in [6.07, 6.45) is 4.70. The van der Waals surface area contributed by atoms with Gasteiger partial charge in [0.25, 0.3) is 5.78 Å². The predicted molar refractivity (Wildman–Crippen MR) is 100 cm³/mol. The van der Waals surface area contributed by atoms with Crippen molar-refractivity contribution in [2.45, 2.75) is 39.2 Å². The number of hydrogen-bond donors (Lipinski definition) is 1. The van der Waals surface area contributed by atoms with Crippen molar-refractivity contribution in [1.29, 1.82) is 0 Å². The Morgan fingerprint density at radius 2 is 2.04 bits per heavy atom. The Balaban J connectivity index is 1.48. The average molecular weight is 336 g/mol. The van der Waals surface area contributed by atoms with Crippen molar-refractivity contribution in [2.24, 2.45) is 0 Å². The molecule has 1 aliphatic heterocycles. The topological polar surface area (TPSA) is 58.4 Å². The summed E-state index contributed by atoms with van der Waals surface area (Å²) in [4.78, 5) is 11.2. The Kier molecular flexibility index (Phi) is 4.26. The van der Waals surface area contributed by atoms with Gasteiger partial charge in [0.1, 0.15) is 12.1 Å². The minimum atomic E-state index is 0.511. The molecule has 0 spiro atoms. The maximum Gasteiger partial charge on any atom is 0.254 e. The quantitative estimate of drug-likeness (QED) is 0.793. The fourth-order valence-electron chi connectivity index (χ4n) is 3.47. The molecule has 0 unspecified atom stereocenters. The first-order chi connectivity index (χ1) is 12.2. The van der Waals surface area contributed by atoms with E-state index in [2.05, 4.69) is 69.5 Å². The van der Waals surface area contributed by atoms with Gasteiger partial charge in [0.05, 0.1) is 0 Å². The highest BCUT2D eigenvalue weighted by molar-refractivity contribution is 5.49. The maximum atomic E-state index is 4.54. The number of aryl methyl sites for hydroxylation is 2. The van der Waals surface area contributed by atoms with E-state index >= 15 is 0 Å². The number of benzene rings is 1. The molecule has 1 aliphatic rings. The van der Waals surface area contributed by atoms with E-state index in [1.165, 1.54) is 11.3 Å². The van der Waals surface area contributed by atoms with Crippen LogP contribution in [-0.4, -0.2) is 38.7 Å². The van der Waals surface area contributed by atoms with Gasteiger partial charge in [-0.1, -0.05) is 19.1 Å². The molecule has 0 atom stereocenters. The van der Waals surface area contributed by atoms with Crippen molar-refractivity contribution >= 4 is 17.3 Å². The highest BCUT2D eigenvalue weighted by Crippen LogP contribution is 2.23. The van der Waals surface area contributed by atoms with Crippen LogP contribution in [0.5, 0.6) is 0 Å². The summed E-state index contributed by atoms with van der Waals surface area (Å²) in [6.45, 7) is 6.26. The van der Waals surface area contributed by atoms with E-state index in [0.717, 1.165) is 43.9 Å². The number of hydrogen-bond acceptors (Lipinski definition) is 5. The standard InChI is InChI=1S/C19H24N6/c1-3-15-12-18(25-19(23-15)20-13-21-25)24-9-7-16(8-10-24)22-17-6-4-5-14(2)11-17/h4-6,11-13,16,22H,3,7-10H2,1-2H3. The van der Waals surface area contributed by atoms with E-state index in [9.17, 15) is 0 Å². The molecule has 0 bridgehead atoms. The smallest absolute Gasteiger partial charge is 0.254 e. The third-order valence-corrected chi connectivity index (χ3v) is 4.86. The van der Waals surface area contributed by atoms with Gasteiger partial charge in [-0.2, -0.15) is 14.6 Å². The lowest BCUT2D eigenvalue weighted by molar-refractivity contribution is 0.520. The van der Waals surface area contributed by atoms with Gasteiger partial charge in [0.15, 0.2) is 0 Å². The second-order valence-electron chi connectivity index (χ2n) is 6.71. The summed E-state index contributed by atoms with van der Waals surface area (Å²) >= 11 is 0. The van der Waals surface area contributed by atoms with Crippen LogP contribution in [0.1, 0.15) is 31.0 Å². The third kappa shape index (κ3) is 3.29. The van der Waals surface area contributed by atoms with Crippen LogP contribution in [0, 0.1) is 6.92 Å². The van der Waals surface area contributed by atoms with E-state index in [4.69, 9.17) is 0 Å². The van der Waals surface area contributed by atoms with Crippen LogP contribution < -0.4 is 10.2 Å². The van der Waals surface area contributed by atoms with Gasteiger partial charge < -0.3 is 10.2 Å². The predicted octanol–water partition coefficient (Wildman–Crippen LogP) is 3.08. The van der Waals surface area contributed by atoms with Crippen molar-refractivity contribution < 1.29 is 0 Å². The monoisotopic (exact) mass is 336 g/mol. The van der Waals surface area contributed by atoms with Crippen molar-refractivity contribution in [3.05, 3.63) is 47.9 Å². The Morgan fingerprint density at radius 1 is 1.20 bits per heavy atom. The highest BCUT2D eigenvalue weighted by Gasteiger charge is 2.22. The second kappa shape index (κ2) is 6.70. The molecule has 2 aromatic heterocycles. The minimum Gasteiger partial charge on any atom is -0.382 e. The summed E-state index contributed by atoms with van der Waals surface area (Å²) in [6, 6.07) is 11.3. The maximum absolute atomic E-state index is 4.54. The van der Waals surface area contributed by atoms with Gasteiger partial charge in [0.2, 0.25) is 0 Å². The number of aromatic nitrogens is 4. The SMILES string of the molecule is CCc1cc(N2CCC(Nc3cccc(C)c3)CC2)n2ncnc2n1. The van der Waals surface area contributed by atoms with E-state index in [-0.39, 0.29) is 0 Å². The fourth-order valence-corrected chi connectivity index (χ4v) is 3.47. The first-order valence-electron chi connectivity index (χ1n) is 9.01. The van der Waals surface area contributed by atoms with Crippen LogP contribution >= 0.6 is 0 Å². The van der Waals surface area contributed by atoms with Crippen molar-refractivity contribution in [1.82, 2.24) is 19.6 Å². The Hall–Kier alpha value is -2.63. The van der Waals surface area contributed by atoms with Crippen molar-refractivity contribution in [3.8, 4) is 0 Å². The molecule has 0 aliphatic carbocycles. The number of anilines is 2. The first kappa shape index (κ1) is 15.9. The molecule has 4 rings (SSSR count). The first-order valence-corrected chi connectivity index (χ1v) is 9.01. The summed E-state index contributed by atoms with van der Waals surface area (Å²) in [5.41, 5.74) is 3.57. The molecule has 0 radical (unpaired) electrons. The van der Waals surface area contributed by atoms with E-state index in [1.807, 2.05) is 4.52 Å². The molecule has 1 saturated heterocycles. The zero-order valence-corrected chi connectivity index (χ0v) is 14.8. The van der Waals surface area contributed by atoms with Crippen LogP contribution in [0.4, 0.5) is 11.5 Å². The molecule has 1 fully saturated rings. The minimum absolute atomic E-state index is 0.511. The Labute approximate surface area is 147 Å². The van der Waals surface area contributed by atoms with Gasteiger partial charge in [-0.15, -0.1) is 0 Å². The highest BCUT2D eigenvalue weighted by atomic mass is 15.4. The van der Waals surface area contributed by atoms with Crippen LogP contribution in [0.25, 0.3) is 5.78 Å². The lowest BCUT2D eigenvalue weighted by Crippen LogP contribution is -2.40. The summed E-state index contributed by atoms with van der Waals surface area (Å²) in [5.74, 6) is 1.79. The number of rotatable bonds is 4. The molecule has 25 heavy (non-hydrogen) atoms. The van der Waals surface area contributed by atoms with E-state index in [0.29, 0.717) is 11.8 Å². The van der Waals surface area contributed by atoms with Crippen LogP contribution in [0.2, 0.25) is 0 Å². The lowest BCUT2D eigenvalue weighted by Gasteiger charge is -2.34. The zero-order chi connectivity index (χ0) is 17.2. The molecule has 130 valence electrons. The van der Waals surface area contributed by atoms with Gasteiger partial charge in [-0.25, -0.2) is 4.98 Å². The largest absolute Gasteiger partial charge is 0.382 e. The summed E-state index contributed by atoms with van der Waals surface area (Å²) in [7, 11) is 0. The number of piperidine rings is 1. The van der Waals surface area contributed by atoms with Crippen LogP contribution in [-0.2, 0) is 6.42 Å². The molecule has 6 nitrogen and oxygen atoms in total. The average Bonchev–Trinajstić information content (AvgIpc) is 3.10. The van der Waals surface area contributed by atoms with Gasteiger partial charge in [-0.3, -0.25) is 0 Å². The molecule has 0 saturated carbocycles. The number of nitrogens with zero attached hydrogens (tertiary/aromatic N) is 5. The zero-order valence-electron chi connectivity index (χ0n) is 14.8. The summed E-state index contributed by atoms with van der Waals surface area (Å²) < 4.78 is 1.85. The van der Waals surface area contributed by atoms with Crippen LogP contribution in [0.15, 0.2) is 36.7 Å². The Bertz CT molecular complexity index is 863. The lowest BCUT2D eigenvalue weighted by atomic mass is 10.0. The second-order valence-corrected chi connectivity index (χ2v) is 6.71. The molecular formula is C19H24N6. The molecule has 1 aromatic carbocycles. The number of nitrogens with one attached hydrogen (secondary N) is 1. The Morgan fingerprint density at radius 3 is 2.80 bits per heavy atom. The molecule has 3 heterocycles. The normalized spacial score (nSPS) is 15.7. The van der Waals surface area contributed by atoms with Gasteiger partial charge in [-0.05, 0) is 43.9 Å². The van der Waals surface area contributed by atoms with Crippen molar-refractivity contribution in [3.63, 3.8) is 0 Å². The number of fused-ring (bicyclic) bond motifs is 1. The van der Waals surface area contributed by atoms with Crippen molar-refractivity contribution in [2.75, 3.05) is 23.3 Å². The van der Waals surface area contributed by atoms with E-state index < -0.39 is 0 Å². The molecule has 6 heteroatoms. The molecule has 1 N–H and O–H groups in total. The summed E-state index contributed by atoms with van der Waals surface area (Å²) in [5, 5.41) is 8.03. The molecule has 3 aromatic rings. The van der Waals surface area contributed by atoms with Gasteiger partial charge in [0, 0.05) is 36.6 Å². The van der Waals surface area contributed by atoms with E-state index in [1.54, 1.807) is 6.33 Å². The third-order valence-electron chi connectivity index (χ3n) is 4.86. The van der Waals surface area contributed by atoms with Crippen LogP contribution in [0.3, 0.4) is 0 Å².